The van der Waals surface area contributed by atoms with Crippen LogP contribution < -0.4 is 5.32 Å². The highest BCUT2D eigenvalue weighted by molar-refractivity contribution is 7.99. The first-order valence-corrected chi connectivity index (χ1v) is 9.58. The van der Waals surface area contributed by atoms with Gasteiger partial charge in [-0.15, -0.1) is 0 Å². The van der Waals surface area contributed by atoms with Gasteiger partial charge in [0.2, 0.25) is 5.91 Å². The second-order valence-electron chi connectivity index (χ2n) is 6.76. The molecule has 114 valence electrons. The maximum absolute atomic E-state index is 12.2. The summed E-state index contributed by atoms with van der Waals surface area (Å²) in [5.74, 6) is 3.73. The molecule has 0 bridgehead atoms. The average molecular weight is 296 g/mol. The SMILES string of the molecule is O=C1CC(NC2CCSCC2)CN1CC1CCCCC1. The van der Waals surface area contributed by atoms with Gasteiger partial charge in [-0.3, -0.25) is 4.79 Å². The number of thioether (sulfide) groups is 1. The molecule has 1 saturated carbocycles. The van der Waals surface area contributed by atoms with Gasteiger partial charge in [0.25, 0.3) is 0 Å². The molecular weight excluding hydrogens is 268 g/mol. The summed E-state index contributed by atoms with van der Waals surface area (Å²) in [7, 11) is 0. The number of hydrogen-bond acceptors (Lipinski definition) is 3. The number of rotatable bonds is 4. The Hall–Kier alpha value is -0.220. The first-order valence-electron chi connectivity index (χ1n) is 8.43. The van der Waals surface area contributed by atoms with Crippen LogP contribution in [-0.4, -0.2) is 47.5 Å². The summed E-state index contributed by atoms with van der Waals surface area (Å²) in [5, 5.41) is 3.74. The van der Waals surface area contributed by atoms with Crippen LogP contribution in [0.4, 0.5) is 0 Å². The molecule has 1 N–H and O–H groups in total. The number of hydrogen-bond donors (Lipinski definition) is 1. The second-order valence-corrected chi connectivity index (χ2v) is 7.98. The van der Waals surface area contributed by atoms with E-state index in [4.69, 9.17) is 0 Å². The molecule has 2 saturated heterocycles. The Balaban J connectivity index is 1.44. The van der Waals surface area contributed by atoms with Crippen LogP contribution in [0.15, 0.2) is 0 Å². The van der Waals surface area contributed by atoms with Crippen molar-refractivity contribution in [3.8, 4) is 0 Å². The van der Waals surface area contributed by atoms with Gasteiger partial charge in [0.15, 0.2) is 0 Å². The highest BCUT2D eigenvalue weighted by Gasteiger charge is 2.32. The lowest BCUT2D eigenvalue weighted by atomic mass is 9.89. The van der Waals surface area contributed by atoms with Crippen molar-refractivity contribution in [3.05, 3.63) is 0 Å². The predicted molar refractivity (Wildman–Crippen MR) is 85.0 cm³/mol. The third kappa shape index (κ3) is 3.91. The zero-order chi connectivity index (χ0) is 13.8. The van der Waals surface area contributed by atoms with Gasteiger partial charge in [-0.05, 0) is 43.1 Å². The average Bonchev–Trinajstić information content (AvgIpc) is 2.81. The van der Waals surface area contributed by atoms with Crippen LogP contribution in [0.3, 0.4) is 0 Å². The summed E-state index contributed by atoms with van der Waals surface area (Å²) < 4.78 is 0. The molecule has 4 heteroatoms. The molecule has 3 fully saturated rings. The first kappa shape index (κ1) is 14.7. The Morgan fingerprint density at radius 3 is 2.55 bits per heavy atom. The van der Waals surface area contributed by atoms with Crippen LogP contribution in [0.2, 0.25) is 0 Å². The van der Waals surface area contributed by atoms with E-state index in [2.05, 4.69) is 22.0 Å². The predicted octanol–water partition coefficient (Wildman–Crippen LogP) is 2.65. The number of nitrogens with zero attached hydrogens (tertiary/aromatic N) is 1. The summed E-state index contributed by atoms with van der Waals surface area (Å²) in [6.07, 6.45) is 10.1. The molecule has 3 aliphatic rings. The highest BCUT2D eigenvalue weighted by atomic mass is 32.2. The van der Waals surface area contributed by atoms with Crippen molar-refractivity contribution in [1.29, 1.82) is 0 Å². The van der Waals surface area contributed by atoms with Crippen molar-refractivity contribution in [2.75, 3.05) is 24.6 Å². The van der Waals surface area contributed by atoms with E-state index in [0.29, 0.717) is 18.0 Å². The zero-order valence-corrected chi connectivity index (χ0v) is 13.3. The van der Waals surface area contributed by atoms with E-state index in [-0.39, 0.29) is 0 Å². The molecule has 0 spiro atoms. The molecular formula is C16H28N2OS. The van der Waals surface area contributed by atoms with Crippen LogP contribution in [0.25, 0.3) is 0 Å². The fraction of sp³-hybridized carbons (Fsp3) is 0.938. The Morgan fingerprint density at radius 2 is 1.80 bits per heavy atom. The van der Waals surface area contributed by atoms with Crippen molar-refractivity contribution in [2.45, 2.75) is 63.5 Å². The normalized spacial score (nSPS) is 30.1. The largest absolute Gasteiger partial charge is 0.341 e. The van der Waals surface area contributed by atoms with Crippen molar-refractivity contribution in [1.82, 2.24) is 10.2 Å². The smallest absolute Gasteiger partial charge is 0.224 e. The minimum Gasteiger partial charge on any atom is -0.341 e. The molecule has 0 radical (unpaired) electrons. The molecule has 3 nitrogen and oxygen atoms in total. The standard InChI is InChI=1S/C16H28N2OS/c19-16-10-15(17-14-6-8-20-9-7-14)12-18(16)11-13-4-2-1-3-5-13/h13-15,17H,1-12H2. The summed E-state index contributed by atoms with van der Waals surface area (Å²) in [5.41, 5.74) is 0. The molecule has 3 rings (SSSR count). The summed E-state index contributed by atoms with van der Waals surface area (Å²) >= 11 is 2.06. The molecule has 0 aromatic carbocycles. The molecule has 0 aromatic rings. The van der Waals surface area contributed by atoms with E-state index in [1.807, 2.05) is 0 Å². The lowest BCUT2D eigenvalue weighted by Crippen LogP contribution is -2.42. The highest BCUT2D eigenvalue weighted by Crippen LogP contribution is 2.26. The Bertz CT molecular complexity index is 324. The van der Waals surface area contributed by atoms with Crippen LogP contribution in [0.5, 0.6) is 0 Å². The Morgan fingerprint density at radius 1 is 1.05 bits per heavy atom. The quantitative estimate of drug-likeness (QED) is 0.865. The number of nitrogens with one attached hydrogen (secondary N) is 1. The van der Waals surface area contributed by atoms with Gasteiger partial charge in [0, 0.05) is 31.6 Å². The van der Waals surface area contributed by atoms with E-state index in [9.17, 15) is 4.79 Å². The topological polar surface area (TPSA) is 32.3 Å². The second kappa shape index (κ2) is 7.17. The van der Waals surface area contributed by atoms with Crippen LogP contribution in [-0.2, 0) is 4.79 Å². The van der Waals surface area contributed by atoms with Crippen molar-refractivity contribution < 1.29 is 4.79 Å². The number of carbonyl (C=O) groups excluding carboxylic acids is 1. The van der Waals surface area contributed by atoms with E-state index in [0.717, 1.165) is 25.4 Å². The Kier molecular flexibility index (Phi) is 5.27. The maximum atomic E-state index is 12.2. The third-order valence-electron chi connectivity index (χ3n) is 5.11. The fourth-order valence-corrected chi connectivity index (χ4v) is 5.05. The molecule has 0 aromatic heterocycles. The number of amides is 1. The van der Waals surface area contributed by atoms with Crippen LogP contribution >= 0.6 is 11.8 Å². The van der Waals surface area contributed by atoms with Gasteiger partial charge < -0.3 is 10.2 Å². The zero-order valence-electron chi connectivity index (χ0n) is 12.5. The van der Waals surface area contributed by atoms with Gasteiger partial charge in [0.05, 0.1) is 0 Å². The molecule has 1 amide bonds. The number of carbonyl (C=O) groups is 1. The lowest BCUT2D eigenvalue weighted by molar-refractivity contribution is -0.128. The van der Waals surface area contributed by atoms with E-state index < -0.39 is 0 Å². The molecule has 2 heterocycles. The molecule has 20 heavy (non-hydrogen) atoms. The van der Waals surface area contributed by atoms with Crippen molar-refractivity contribution in [2.24, 2.45) is 5.92 Å². The van der Waals surface area contributed by atoms with Gasteiger partial charge >= 0.3 is 0 Å². The molecule has 1 aliphatic carbocycles. The van der Waals surface area contributed by atoms with Gasteiger partial charge in [-0.2, -0.15) is 11.8 Å². The molecule has 1 unspecified atom stereocenters. The minimum absolute atomic E-state index is 0.387. The maximum Gasteiger partial charge on any atom is 0.224 e. The van der Waals surface area contributed by atoms with Crippen molar-refractivity contribution in [3.63, 3.8) is 0 Å². The van der Waals surface area contributed by atoms with Gasteiger partial charge in [-0.1, -0.05) is 19.3 Å². The van der Waals surface area contributed by atoms with E-state index >= 15 is 0 Å². The van der Waals surface area contributed by atoms with Crippen molar-refractivity contribution >= 4 is 17.7 Å². The molecule has 1 atom stereocenters. The third-order valence-corrected chi connectivity index (χ3v) is 6.16. The Labute approximate surface area is 127 Å². The first-order chi connectivity index (χ1) is 9.81. The van der Waals surface area contributed by atoms with E-state index in [1.165, 1.54) is 56.5 Å². The molecule has 2 aliphatic heterocycles. The van der Waals surface area contributed by atoms with Gasteiger partial charge in [-0.25, -0.2) is 0 Å². The monoisotopic (exact) mass is 296 g/mol. The van der Waals surface area contributed by atoms with Gasteiger partial charge in [0.1, 0.15) is 0 Å². The fourth-order valence-electron chi connectivity index (χ4n) is 3.94. The summed E-state index contributed by atoms with van der Waals surface area (Å²) in [4.78, 5) is 14.3. The number of likely N-dealkylation sites (tertiary alicyclic amines) is 1. The minimum atomic E-state index is 0.387. The summed E-state index contributed by atoms with van der Waals surface area (Å²) in [6.45, 7) is 1.98. The van der Waals surface area contributed by atoms with E-state index in [1.54, 1.807) is 0 Å². The lowest BCUT2D eigenvalue weighted by Gasteiger charge is -2.28. The summed E-state index contributed by atoms with van der Waals surface area (Å²) in [6, 6.07) is 1.07. The van der Waals surface area contributed by atoms with Crippen LogP contribution in [0.1, 0.15) is 51.4 Å². The van der Waals surface area contributed by atoms with Crippen LogP contribution in [0, 0.1) is 5.92 Å².